The normalized spacial score (nSPS) is 9.83. The highest BCUT2D eigenvalue weighted by Crippen LogP contribution is 2.12. The van der Waals surface area contributed by atoms with Crippen LogP contribution in [0.4, 0.5) is 5.69 Å². The SMILES string of the molecule is CNC(=O)CCNC(=O)CCc1ccccc1N. The third-order valence-corrected chi connectivity index (χ3v) is 2.63. The van der Waals surface area contributed by atoms with Crippen molar-refractivity contribution in [1.29, 1.82) is 0 Å². The minimum Gasteiger partial charge on any atom is -0.399 e. The molecule has 98 valence electrons. The lowest BCUT2D eigenvalue weighted by molar-refractivity contribution is -0.122. The number of aryl methyl sites for hydroxylation is 1. The number of rotatable bonds is 6. The van der Waals surface area contributed by atoms with E-state index in [1.54, 1.807) is 7.05 Å². The highest BCUT2D eigenvalue weighted by atomic mass is 16.2. The van der Waals surface area contributed by atoms with E-state index in [0.29, 0.717) is 31.5 Å². The number of nitrogens with one attached hydrogen (secondary N) is 2. The fraction of sp³-hybridized carbons (Fsp3) is 0.385. The van der Waals surface area contributed by atoms with Crippen LogP contribution < -0.4 is 16.4 Å². The highest BCUT2D eigenvalue weighted by Gasteiger charge is 2.05. The van der Waals surface area contributed by atoms with Gasteiger partial charge >= 0.3 is 0 Å². The van der Waals surface area contributed by atoms with Gasteiger partial charge in [-0.15, -0.1) is 0 Å². The smallest absolute Gasteiger partial charge is 0.221 e. The molecule has 1 rings (SSSR count). The number of hydrogen-bond acceptors (Lipinski definition) is 3. The lowest BCUT2D eigenvalue weighted by Gasteiger charge is -2.06. The Bertz CT molecular complexity index is 418. The Balaban J connectivity index is 2.25. The zero-order valence-electron chi connectivity index (χ0n) is 10.5. The highest BCUT2D eigenvalue weighted by molar-refractivity contribution is 5.79. The monoisotopic (exact) mass is 249 g/mol. The van der Waals surface area contributed by atoms with E-state index >= 15 is 0 Å². The predicted molar refractivity (Wildman–Crippen MR) is 70.9 cm³/mol. The van der Waals surface area contributed by atoms with Crippen molar-refractivity contribution in [2.45, 2.75) is 19.3 Å². The van der Waals surface area contributed by atoms with Gasteiger partial charge in [-0.2, -0.15) is 0 Å². The lowest BCUT2D eigenvalue weighted by atomic mass is 10.1. The van der Waals surface area contributed by atoms with Crippen LogP contribution in [0.1, 0.15) is 18.4 Å². The van der Waals surface area contributed by atoms with E-state index in [4.69, 9.17) is 5.73 Å². The topological polar surface area (TPSA) is 84.2 Å². The quantitative estimate of drug-likeness (QED) is 0.640. The van der Waals surface area contributed by atoms with Gasteiger partial charge in [0.25, 0.3) is 0 Å². The number of amides is 2. The molecule has 5 nitrogen and oxygen atoms in total. The molecule has 0 atom stereocenters. The number of carbonyl (C=O) groups is 2. The van der Waals surface area contributed by atoms with Crippen LogP contribution >= 0.6 is 0 Å². The van der Waals surface area contributed by atoms with Crippen LogP contribution in [0.25, 0.3) is 0 Å². The number of benzene rings is 1. The second kappa shape index (κ2) is 7.32. The third-order valence-electron chi connectivity index (χ3n) is 2.63. The van der Waals surface area contributed by atoms with Gasteiger partial charge in [0.15, 0.2) is 0 Å². The molecule has 0 radical (unpaired) electrons. The number of hydrogen-bond donors (Lipinski definition) is 3. The Morgan fingerprint density at radius 1 is 1.17 bits per heavy atom. The molecule has 0 saturated heterocycles. The van der Waals surface area contributed by atoms with Crippen LogP contribution in [0.3, 0.4) is 0 Å². The van der Waals surface area contributed by atoms with Crippen molar-refractivity contribution in [3.05, 3.63) is 29.8 Å². The summed E-state index contributed by atoms with van der Waals surface area (Å²) in [5.74, 6) is -0.148. The first-order valence-electron chi connectivity index (χ1n) is 5.94. The van der Waals surface area contributed by atoms with Gasteiger partial charge in [-0.1, -0.05) is 18.2 Å². The molecule has 0 unspecified atom stereocenters. The van der Waals surface area contributed by atoms with Crippen LogP contribution in [-0.4, -0.2) is 25.4 Å². The summed E-state index contributed by atoms with van der Waals surface area (Å²) >= 11 is 0. The van der Waals surface area contributed by atoms with Crippen LogP contribution in [0, 0.1) is 0 Å². The lowest BCUT2D eigenvalue weighted by Crippen LogP contribution is -2.29. The molecule has 0 bridgehead atoms. The molecule has 0 aliphatic carbocycles. The van der Waals surface area contributed by atoms with Crippen molar-refractivity contribution >= 4 is 17.5 Å². The molecule has 5 heteroatoms. The molecule has 0 aliphatic heterocycles. The van der Waals surface area contributed by atoms with Crippen LogP contribution in [0.5, 0.6) is 0 Å². The molecular formula is C13H19N3O2. The van der Waals surface area contributed by atoms with Crippen molar-refractivity contribution in [2.24, 2.45) is 0 Å². The average molecular weight is 249 g/mol. The van der Waals surface area contributed by atoms with Crippen molar-refractivity contribution in [2.75, 3.05) is 19.3 Å². The van der Waals surface area contributed by atoms with Gasteiger partial charge < -0.3 is 16.4 Å². The Morgan fingerprint density at radius 3 is 2.56 bits per heavy atom. The molecule has 4 N–H and O–H groups in total. The van der Waals surface area contributed by atoms with Crippen LogP contribution in [0.15, 0.2) is 24.3 Å². The Hall–Kier alpha value is -2.04. The maximum atomic E-state index is 11.5. The summed E-state index contributed by atoms with van der Waals surface area (Å²) in [6.45, 7) is 0.364. The molecule has 0 aromatic heterocycles. The van der Waals surface area contributed by atoms with E-state index < -0.39 is 0 Å². The van der Waals surface area contributed by atoms with Crippen molar-refractivity contribution in [3.63, 3.8) is 0 Å². The average Bonchev–Trinajstić information content (AvgIpc) is 2.37. The Morgan fingerprint density at radius 2 is 1.89 bits per heavy atom. The molecule has 0 aliphatic rings. The summed E-state index contributed by atoms with van der Waals surface area (Å²) in [5.41, 5.74) is 7.46. The largest absolute Gasteiger partial charge is 0.399 e. The van der Waals surface area contributed by atoms with E-state index in [1.165, 1.54) is 0 Å². The summed E-state index contributed by atoms with van der Waals surface area (Å²) in [5, 5.41) is 5.19. The predicted octanol–water partition coefficient (Wildman–Crippen LogP) is 0.454. The maximum Gasteiger partial charge on any atom is 0.221 e. The first-order chi connectivity index (χ1) is 8.63. The summed E-state index contributed by atoms with van der Waals surface area (Å²) in [7, 11) is 1.57. The van der Waals surface area contributed by atoms with Crippen molar-refractivity contribution < 1.29 is 9.59 Å². The van der Waals surface area contributed by atoms with Gasteiger partial charge in [-0.25, -0.2) is 0 Å². The number of carbonyl (C=O) groups excluding carboxylic acids is 2. The molecule has 0 heterocycles. The fourth-order valence-corrected chi connectivity index (χ4v) is 1.54. The van der Waals surface area contributed by atoms with Crippen LogP contribution in [-0.2, 0) is 16.0 Å². The van der Waals surface area contributed by atoms with Gasteiger partial charge in [0, 0.05) is 32.1 Å². The van der Waals surface area contributed by atoms with E-state index in [9.17, 15) is 9.59 Å². The Kier molecular flexibility index (Phi) is 5.70. The molecule has 18 heavy (non-hydrogen) atoms. The molecular weight excluding hydrogens is 230 g/mol. The minimum atomic E-state index is -0.0809. The molecule has 2 amide bonds. The number of nitrogens with two attached hydrogens (primary N) is 1. The van der Waals surface area contributed by atoms with Gasteiger partial charge in [0.1, 0.15) is 0 Å². The summed E-state index contributed by atoms with van der Waals surface area (Å²) in [6.07, 6.45) is 1.29. The second-order valence-electron chi connectivity index (χ2n) is 3.97. The first kappa shape index (κ1) is 14.0. The van der Waals surface area contributed by atoms with Crippen molar-refractivity contribution in [3.8, 4) is 0 Å². The maximum absolute atomic E-state index is 11.5. The van der Waals surface area contributed by atoms with Crippen molar-refractivity contribution in [1.82, 2.24) is 10.6 Å². The molecule has 1 aromatic carbocycles. The van der Waals surface area contributed by atoms with Gasteiger partial charge in [-0.3, -0.25) is 9.59 Å². The zero-order chi connectivity index (χ0) is 13.4. The van der Waals surface area contributed by atoms with Gasteiger partial charge in [0.05, 0.1) is 0 Å². The second-order valence-corrected chi connectivity index (χ2v) is 3.97. The van der Waals surface area contributed by atoms with Crippen LogP contribution in [0.2, 0.25) is 0 Å². The number of nitrogen functional groups attached to an aromatic ring is 1. The number of para-hydroxylation sites is 1. The minimum absolute atomic E-state index is 0.0674. The summed E-state index contributed by atoms with van der Waals surface area (Å²) < 4.78 is 0. The van der Waals surface area contributed by atoms with Gasteiger partial charge in [0.2, 0.25) is 11.8 Å². The van der Waals surface area contributed by atoms with E-state index in [2.05, 4.69) is 10.6 Å². The van der Waals surface area contributed by atoms with Gasteiger partial charge in [-0.05, 0) is 18.1 Å². The number of anilines is 1. The summed E-state index contributed by atoms with van der Waals surface area (Å²) in [6, 6.07) is 7.49. The van der Waals surface area contributed by atoms with E-state index in [0.717, 1.165) is 5.56 Å². The molecule has 0 fully saturated rings. The molecule has 0 saturated carbocycles. The first-order valence-corrected chi connectivity index (χ1v) is 5.94. The molecule has 1 aromatic rings. The van der Waals surface area contributed by atoms with E-state index in [1.807, 2.05) is 24.3 Å². The fourth-order valence-electron chi connectivity index (χ4n) is 1.54. The third kappa shape index (κ3) is 4.86. The standard InChI is InChI=1S/C13H19N3O2/c1-15-12(17)8-9-16-13(18)7-6-10-4-2-3-5-11(10)14/h2-5H,6-9,14H2,1H3,(H,15,17)(H,16,18). The Labute approximate surface area is 107 Å². The molecule has 0 spiro atoms. The van der Waals surface area contributed by atoms with E-state index in [-0.39, 0.29) is 11.8 Å². The zero-order valence-corrected chi connectivity index (χ0v) is 10.5. The summed E-state index contributed by atoms with van der Waals surface area (Å²) in [4.78, 5) is 22.5.